The van der Waals surface area contributed by atoms with E-state index in [0.29, 0.717) is 37.7 Å². The van der Waals surface area contributed by atoms with Gasteiger partial charge in [0.25, 0.3) is 0 Å². The number of amides is 1. The average molecular weight is 555 g/mol. The molecule has 1 amide bonds. The van der Waals surface area contributed by atoms with Gasteiger partial charge in [0.2, 0.25) is 5.91 Å². The van der Waals surface area contributed by atoms with Gasteiger partial charge >= 0.3 is 5.97 Å². The van der Waals surface area contributed by atoms with Crippen molar-refractivity contribution < 1.29 is 34.0 Å². The lowest BCUT2D eigenvalue weighted by Gasteiger charge is -2.65. The molecule has 1 heterocycles. The Morgan fingerprint density at radius 1 is 1.10 bits per heavy atom. The van der Waals surface area contributed by atoms with Crippen LogP contribution in [0.25, 0.3) is 0 Å². The number of cyclic esters (lactones) is 1. The van der Waals surface area contributed by atoms with Crippen molar-refractivity contribution in [1.82, 2.24) is 5.43 Å². The number of hydrogen-bond acceptors (Lipinski definition) is 7. The van der Waals surface area contributed by atoms with Crippen LogP contribution in [0.1, 0.15) is 70.3 Å². The maximum Gasteiger partial charge on any atom is 0.331 e. The van der Waals surface area contributed by atoms with E-state index in [-0.39, 0.29) is 54.9 Å². The standard InChI is InChI=1S/C31H39FN2O6/c1-28-10-7-24-25(31(28,39)13-9-23(28)20-15-27(37)40-17-20)8-12-30(38)16-22(35)6-11-29(24,30)18-33-34-26(36)14-19-2-4-21(32)5-3-19/h2-5,15,18,22-25,35,38-39H,6-14,16-17H2,1H3,(H,34,36)/b33-18-/t22-,23-,24+,25-,28-,29+,30+,31-/m1/s1. The highest BCUT2D eigenvalue weighted by atomic mass is 19.1. The number of ether oxygens (including phenoxy) is 1. The molecule has 0 aromatic heterocycles. The van der Waals surface area contributed by atoms with E-state index >= 15 is 0 Å². The number of fused-ring (bicyclic) bond motifs is 5. The van der Waals surface area contributed by atoms with Crippen LogP contribution in [-0.2, 0) is 20.7 Å². The van der Waals surface area contributed by atoms with Crippen molar-refractivity contribution in [1.29, 1.82) is 0 Å². The lowest BCUT2D eigenvalue weighted by Crippen LogP contribution is -2.68. The summed E-state index contributed by atoms with van der Waals surface area (Å²) in [6.45, 7) is 2.43. The summed E-state index contributed by atoms with van der Waals surface area (Å²) in [7, 11) is 0. The monoisotopic (exact) mass is 554 g/mol. The zero-order chi connectivity index (χ0) is 28.3. The van der Waals surface area contributed by atoms with Gasteiger partial charge in [0.1, 0.15) is 12.4 Å². The van der Waals surface area contributed by atoms with Gasteiger partial charge in [-0.25, -0.2) is 14.6 Å². The van der Waals surface area contributed by atoms with E-state index in [4.69, 9.17) is 4.74 Å². The van der Waals surface area contributed by atoms with Crippen LogP contribution < -0.4 is 5.43 Å². The second-order valence-corrected chi connectivity index (χ2v) is 13.1. The molecule has 5 aliphatic rings. The molecular formula is C31H39FN2O6. The Kier molecular flexibility index (Phi) is 6.71. The number of nitrogens with one attached hydrogen (secondary N) is 1. The molecule has 0 radical (unpaired) electrons. The summed E-state index contributed by atoms with van der Waals surface area (Å²) in [5.41, 5.74) is 0.835. The van der Waals surface area contributed by atoms with Crippen molar-refractivity contribution in [2.75, 3.05) is 6.61 Å². The molecule has 0 unspecified atom stereocenters. The van der Waals surface area contributed by atoms with Crippen LogP contribution in [-0.4, -0.2) is 57.3 Å². The molecule has 4 fully saturated rings. The van der Waals surface area contributed by atoms with Crippen LogP contribution in [0.4, 0.5) is 4.39 Å². The van der Waals surface area contributed by atoms with E-state index in [0.717, 1.165) is 24.8 Å². The number of esters is 1. The van der Waals surface area contributed by atoms with Crippen LogP contribution in [0.5, 0.6) is 0 Å². The van der Waals surface area contributed by atoms with Gasteiger partial charge in [0, 0.05) is 29.5 Å². The largest absolute Gasteiger partial charge is 0.458 e. The minimum Gasteiger partial charge on any atom is -0.458 e. The molecule has 0 bridgehead atoms. The lowest BCUT2D eigenvalue weighted by atomic mass is 9.41. The zero-order valence-corrected chi connectivity index (χ0v) is 22.9. The highest BCUT2D eigenvalue weighted by Gasteiger charge is 2.71. The summed E-state index contributed by atoms with van der Waals surface area (Å²) in [5, 5.41) is 39.5. The first-order chi connectivity index (χ1) is 19.0. The molecule has 4 N–H and O–H groups in total. The topological polar surface area (TPSA) is 128 Å². The number of rotatable bonds is 5. The summed E-state index contributed by atoms with van der Waals surface area (Å²) < 4.78 is 18.5. The van der Waals surface area contributed by atoms with E-state index < -0.39 is 28.1 Å². The number of benzene rings is 1. The number of carbonyl (C=O) groups is 2. The van der Waals surface area contributed by atoms with Crippen molar-refractivity contribution in [2.24, 2.45) is 33.7 Å². The second kappa shape index (κ2) is 9.74. The first-order valence-corrected chi connectivity index (χ1v) is 14.6. The van der Waals surface area contributed by atoms with E-state index in [1.165, 1.54) is 12.1 Å². The van der Waals surface area contributed by atoms with Crippen molar-refractivity contribution in [3.63, 3.8) is 0 Å². The second-order valence-electron chi connectivity index (χ2n) is 13.1. The predicted octanol–water partition coefficient (Wildman–Crippen LogP) is 3.18. The molecule has 0 saturated heterocycles. The van der Waals surface area contributed by atoms with E-state index in [1.54, 1.807) is 24.4 Å². The SMILES string of the molecule is C[C@]12CC[C@H]3[C@@H](CC[C@]4(O)C[C@H](O)CC[C@]34/C=N\NC(=O)Cc3ccc(F)cc3)[C@]1(O)CC[C@@H]2C1=CC(=O)OC1. The Morgan fingerprint density at radius 2 is 1.85 bits per heavy atom. The Morgan fingerprint density at radius 3 is 2.58 bits per heavy atom. The molecule has 1 aromatic rings. The normalized spacial score (nSPS) is 42.5. The fraction of sp³-hybridized carbons (Fsp3) is 0.645. The maximum absolute atomic E-state index is 13.2. The number of nitrogens with zero attached hydrogens (tertiary/aromatic N) is 1. The third-order valence-electron chi connectivity index (χ3n) is 11.4. The number of halogens is 1. The van der Waals surface area contributed by atoms with Crippen LogP contribution in [0.2, 0.25) is 0 Å². The number of hydrogen-bond donors (Lipinski definition) is 4. The van der Waals surface area contributed by atoms with Gasteiger partial charge in [0.05, 0.1) is 23.7 Å². The summed E-state index contributed by atoms with van der Waals surface area (Å²) >= 11 is 0. The quantitative estimate of drug-likeness (QED) is 0.252. The first-order valence-electron chi connectivity index (χ1n) is 14.6. The summed E-state index contributed by atoms with van der Waals surface area (Å²) in [5.74, 6) is -1.14. The van der Waals surface area contributed by atoms with Crippen molar-refractivity contribution in [3.05, 3.63) is 47.3 Å². The van der Waals surface area contributed by atoms with Gasteiger partial charge in [-0.2, -0.15) is 5.10 Å². The Bertz CT molecular complexity index is 1250. The van der Waals surface area contributed by atoms with E-state index in [1.807, 2.05) is 0 Å². The minimum atomic E-state index is -1.20. The summed E-state index contributed by atoms with van der Waals surface area (Å²) in [6, 6.07) is 5.73. The van der Waals surface area contributed by atoms with Gasteiger partial charge in [0.15, 0.2) is 0 Å². The zero-order valence-electron chi connectivity index (χ0n) is 22.9. The molecule has 1 aliphatic heterocycles. The van der Waals surface area contributed by atoms with Crippen LogP contribution in [0.15, 0.2) is 41.0 Å². The summed E-state index contributed by atoms with van der Waals surface area (Å²) in [6.07, 6.45) is 7.91. The highest BCUT2D eigenvalue weighted by molar-refractivity contribution is 5.85. The molecule has 0 spiro atoms. The maximum atomic E-state index is 13.2. The Balaban J connectivity index is 1.28. The molecule has 216 valence electrons. The first kappa shape index (κ1) is 27.5. The van der Waals surface area contributed by atoms with Crippen molar-refractivity contribution in [3.8, 4) is 0 Å². The third kappa shape index (κ3) is 4.15. The van der Waals surface area contributed by atoms with Gasteiger partial charge in [-0.15, -0.1) is 0 Å². The predicted molar refractivity (Wildman–Crippen MR) is 144 cm³/mol. The fourth-order valence-corrected chi connectivity index (χ4v) is 9.41. The smallest absolute Gasteiger partial charge is 0.331 e. The van der Waals surface area contributed by atoms with E-state index in [2.05, 4.69) is 17.5 Å². The molecule has 6 rings (SSSR count). The van der Waals surface area contributed by atoms with Gasteiger partial charge in [-0.3, -0.25) is 4.79 Å². The molecule has 9 heteroatoms. The number of aliphatic hydroxyl groups is 3. The Labute approximate surface area is 233 Å². The van der Waals surface area contributed by atoms with Gasteiger partial charge < -0.3 is 20.1 Å². The number of hydrazone groups is 1. The number of carbonyl (C=O) groups excluding carboxylic acids is 2. The molecule has 4 aliphatic carbocycles. The molecule has 8 atom stereocenters. The molecule has 1 aromatic carbocycles. The highest BCUT2D eigenvalue weighted by Crippen LogP contribution is 2.70. The van der Waals surface area contributed by atoms with Crippen molar-refractivity contribution >= 4 is 18.1 Å². The molecule has 40 heavy (non-hydrogen) atoms. The van der Waals surface area contributed by atoms with Crippen LogP contribution >= 0.6 is 0 Å². The van der Waals surface area contributed by atoms with Gasteiger partial charge in [-0.1, -0.05) is 19.1 Å². The summed E-state index contributed by atoms with van der Waals surface area (Å²) in [4.78, 5) is 24.5. The third-order valence-corrected chi connectivity index (χ3v) is 11.4. The fourth-order valence-electron chi connectivity index (χ4n) is 9.41. The minimum absolute atomic E-state index is 0.0429. The van der Waals surface area contributed by atoms with Crippen LogP contribution in [0, 0.1) is 34.4 Å². The van der Waals surface area contributed by atoms with Crippen LogP contribution in [0.3, 0.4) is 0 Å². The average Bonchev–Trinajstić information content (AvgIpc) is 3.45. The number of aliphatic hydroxyl groups excluding tert-OH is 1. The lowest BCUT2D eigenvalue weighted by molar-refractivity contribution is -0.237. The molecule has 4 saturated carbocycles. The molecular weight excluding hydrogens is 515 g/mol. The van der Waals surface area contributed by atoms with Gasteiger partial charge in [-0.05, 0) is 92.4 Å². The molecule has 8 nitrogen and oxygen atoms in total. The van der Waals surface area contributed by atoms with Crippen molar-refractivity contribution in [2.45, 2.75) is 88.4 Å². The Hall–Kier alpha value is -2.62. The van der Waals surface area contributed by atoms with E-state index in [9.17, 15) is 29.3 Å².